The van der Waals surface area contributed by atoms with E-state index in [2.05, 4.69) is 47.4 Å². The van der Waals surface area contributed by atoms with Crippen LogP contribution in [0.5, 0.6) is 0 Å². The van der Waals surface area contributed by atoms with Gasteiger partial charge in [-0.15, -0.1) is 0 Å². The molecule has 0 spiro atoms. The maximum Gasteiger partial charge on any atom is 0.319 e. The minimum atomic E-state index is -0.411. The second-order valence-corrected chi connectivity index (χ2v) is 7.78. The third-order valence-corrected chi connectivity index (χ3v) is 5.90. The van der Waals surface area contributed by atoms with Crippen LogP contribution in [0.15, 0.2) is 54.7 Å². The summed E-state index contributed by atoms with van der Waals surface area (Å²) >= 11 is 0. The van der Waals surface area contributed by atoms with Gasteiger partial charge in [-0.3, -0.25) is 4.90 Å². The van der Waals surface area contributed by atoms with Crippen molar-refractivity contribution in [3.05, 3.63) is 65.9 Å². The minimum Gasteiger partial charge on any atom is -0.361 e. The van der Waals surface area contributed by atoms with E-state index in [0.29, 0.717) is 12.5 Å². The molecular formula is C23H28N4O. The number of carbonyl (C=O) groups excluding carboxylic acids is 1. The number of aromatic nitrogens is 1. The van der Waals surface area contributed by atoms with Gasteiger partial charge in [-0.1, -0.05) is 30.3 Å². The molecule has 3 aromatic rings. The van der Waals surface area contributed by atoms with E-state index in [9.17, 15) is 4.79 Å². The molecule has 5 heteroatoms. The van der Waals surface area contributed by atoms with Crippen LogP contribution in [0.1, 0.15) is 29.9 Å². The van der Waals surface area contributed by atoms with Crippen LogP contribution in [-0.4, -0.2) is 42.6 Å². The first-order chi connectivity index (χ1) is 13.6. The molecule has 146 valence electrons. The van der Waals surface area contributed by atoms with Crippen LogP contribution in [0.2, 0.25) is 0 Å². The van der Waals surface area contributed by atoms with Crippen molar-refractivity contribution in [3.8, 4) is 0 Å². The average molecular weight is 377 g/mol. The third-order valence-electron chi connectivity index (χ3n) is 5.90. The van der Waals surface area contributed by atoms with Gasteiger partial charge in [0.15, 0.2) is 0 Å². The molecule has 4 rings (SSSR count). The molecular weight excluding hydrogens is 348 g/mol. The minimum absolute atomic E-state index is 0.411. The summed E-state index contributed by atoms with van der Waals surface area (Å²) in [5.41, 5.74) is 10.3. The molecule has 0 unspecified atom stereocenters. The lowest BCUT2D eigenvalue weighted by molar-refractivity contribution is 0.254. The molecule has 1 aromatic heterocycles. The number of nitrogens with one attached hydrogen (secondary N) is 1. The van der Waals surface area contributed by atoms with Crippen LogP contribution >= 0.6 is 0 Å². The first-order valence-electron chi connectivity index (χ1n) is 10.0. The summed E-state index contributed by atoms with van der Waals surface area (Å²) in [6.45, 7) is 2.82. The molecule has 28 heavy (non-hydrogen) atoms. The number of carbonyl (C=O) groups is 1. The second kappa shape index (κ2) is 8.07. The van der Waals surface area contributed by atoms with E-state index in [1.165, 1.54) is 29.4 Å². The molecule has 5 nitrogen and oxygen atoms in total. The highest BCUT2D eigenvalue weighted by atomic mass is 16.2. The molecule has 0 aliphatic carbocycles. The van der Waals surface area contributed by atoms with Gasteiger partial charge in [0.1, 0.15) is 0 Å². The van der Waals surface area contributed by atoms with Gasteiger partial charge < -0.3 is 15.6 Å². The first-order valence-corrected chi connectivity index (χ1v) is 10.0. The molecule has 0 saturated carbocycles. The molecule has 2 aromatic carbocycles. The van der Waals surface area contributed by atoms with Gasteiger partial charge in [-0.05, 0) is 74.6 Å². The normalized spacial score (nSPS) is 15.8. The Hall–Kier alpha value is -2.79. The summed E-state index contributed by atoms with van der Waals surface area (Å²) in [7, 11) is 2.18. The van der Waals surface area contributed by atoms with Crippen LogP contribution in [0, 0.1) is 0 Å². The Morgan fingerprint density at radius 3 is 2.64 bits per heavy atom. The number of piperidine rings is 1. The quantitative estimate of drug-likeness (QED) is 0.704. The van der Waals surface area contributed by atoms with Gasteiger partial charge in [0.05, 0.1) is 0 Å². The van der Waals surface area contributed by atoms with Gasteiger partial charge >= 0.3 is 6.03 Å². The summed E-state index contributed by atoms with van der Waals surface area (Å²) in [6.07, 6.45) is 5.25. The molecule has 1 fully saturated rings. The van der Waals surface area contributed by atoms with Crippen LogP contribution in [0.25, 0.3) is 10.9 Å². The Morgan fingerprint density at radius 1 is 1.18 bits per heavy atom. The SMILES string of the molecule is CN1CCC(c2c[nH]c3ccc(N(CCc4ccccc4)C(N)=O)cc23)CC1. The molecule has 3 N–H and O–H groups in total. The zero-order valence-electron chi connectivity index (χ0n) is 16.4. The van der Waals surface area contributed by atoms with Crippen molar-refractivity contribution in [2.24, 2.45) is 5.73 Å². The predicted octanol–water partition coefficient (Wildman–Crippen LogP) is 4.10. The van der Waals surface area contributed by atoms with E-state index >= 15 is 0 Å². The number of rotatable bonds is 5. The van der Waals surface area contributed by atoms with Crippen molar-refractivity contribution in [1.82, 2.24) is 9.88 Å². The topological polar surface area (TPSA) is 65.4 Å². The van der Waals surface area contributed by atoms with E-state index in [1.54, 1.807) is 4.90 Å². The number of hydrogen-bond acceptors (Lipinski definition) is 2. The Labute approximate surface area is 166 Å². The highest BCUT2D eigenvalue weighted by molar-refractivity contribution is 5.95. The molecule has 0 radical (unpaired) electrons. The van der Waals surface area contributed by atoms with E-state index < -0.39 is 6.03 Å². The highest BCUT2D eigenvalue weighted by Crippen LogP contribution is 2.34. The van der Waals surface area contributed by atoms with E-state index in [0.717, 1.165) is 30.7 Å². The molecule has 1 saturated heterocycles. The summed E-state index contributed by atoms with van der Waals surface area (Å²) in [6, 6.07) is 15.9. The van der Waals surface area contributed by atoms with Crippen molar-refractivity contribution < 1.29 is 4.79 Å². The number of anilines is 1. The maximum atomic E-state index is 12.2. The molecule has 2 amide bonds. The fraction of sp³-hybridized carbons (Fsp3) is 0.348. The van der Waals surface area contributed by atoms with Crippen LogP contribution in [-0.2, 0) is 6.42 Å². The molecule has 1 aliphatic heterocycles. The number of H-pyrrole nitrogens is 1. The Kier molecular flexibility index (Phi) is 5.35. The second-order valence-electron chi connectivity index (χ2n) is 7.78. The number of nitrogens with zero attached hydrogens (tertiary/aromatic N) is 2. The summed E-state index contributed by atoms with van der Waals surface area (Å²) in [5, 5.41) is 1.21. The summed E-state index contributed by atoms with van der Waals surface area (Å²) < 4.78 is 0. The van der Waals surface area contributed by atoms with Crippen LogP contribution < -0.4 is 10.6 Å². The number of benzene rings is 2. The molecule has 0 atom stereocenters. The lowest BCUT2D eigenvalue weighted by Crippen LogP contribution is -2.37. The van der Waals surface area contributed by atoms with Crippen molar-refractivity contribution in [1.29, 1.82) is 0 Å². The van der Waals surface area contributed by atoms with Crippen molar-refractivity contribution in [2.75, 3.05) is 31.6 Å². The molecule has 2 heterocycles. The van der Waals surface area contributed by atoms with Crippen LogP contribution in [0.4, 0.5) is 10.5 Å². The van der Waals surface area contributed by atoms with Crippen molar-refractivity contribution >= 4 is 22.6 Å². The number of nitrogens with two attached hydrogens (primary N) is 1. The number of likely N-dealkylation sites (tertiary alicyclic amines) is 1. The van der Waals surface area contributed by atoms with E-state index in [1.807, 2.05) is 24.3 Å². The monoisotopic (exact) mass is 376 g/mol. The van der Waals surface area contributed by atoms with E-state index in [4.69, 9.17) is 5.73 Å². The number of hydrogen-bond donors (Lipinski definition) is 2. The fourth-order valence-corrected chi connectivity index (χ4v) is 4.21. The number of urea groups is 1. The number of fused-ring (bicyclic) bond motifs is 1. The zero-order chi connectivity index (χ0) is 19.5. The van der Waals surface area contributed by atoms with Gasteiger partial charge in [0, 0.05) is 29.3 Å². The summed E-state index contributed by atoms with van der Waals surface area (Å²) in [4.78, 5) is 19.6. The molecule has 0 bridgehead atoms. The van der Waals surface area contributed by atoms with Gasteiger partial charge in [0.25, 0.3) is 0 Å². The number of aromatic amines is 1. The Morgan fingerprint density at radius 2 is 1.93 bits per heavy atom. The predicted molar refractivity (Wildman–Crippen MR) is 115 cm³/mol. The maximum absolute atomic E-state index is 12.2. The highest BCUT2D eigenvalue weighted by Gasteiger charge is 2.22. The van der Waals surface area contributed by atoms with Gasteiger partial charge in [-0.2, -0.15) is 0 Å². The van der Waals surface area contributed by atoms with Gasteiger partial charge in [0.2, 0.25) is 0 Å². The van der Waals surface area contributed by atoms with Gasteiger partial charge in [-0.25, -0.2) is 4.79 Å². The Bertz CT molecular complexity index is 942. The first kappa shape index (κ1) is 18.6. The summed E-state index contributed by atoms with van der Waals surface area (Å²) in [5.74, 6) is 0.562. The van der Waals surface area contributed by atoms with Crippen molar-refractivity contribution in [3.63, 3.8) is 0 Å². The smallest absolute Gasteiger partial charge is 0.319 e. The lowest BCUT2D eigenvalue weighted by atomic mass is 9.89. The third kappa shape index (κ3) is 3.90. The largest absolute Gasteiger partial charge is 0.361 e. The Balaban J connectivity index is 1.59. The van der Waals surface area contributed by atoms with E-state index in [-0.39, 0.29) is 0 Å². The van der Waals surface area contributed by atoms with Crippen molar-refractivity contribution in [2.45, 2.75) is 25.2 Å². The lowest BCUT2D eigenvalue weighted by Gasteiger charge is -2.29. The standard InChI is InChI=1S/C23H28N4O/c1-26-12-10-18(11-13-26)21-16-25-22-8-7-19(15-20(21)22)27(23(24)28)14-9-17-5-3-2-4-6-17/h2-8,15-16,18,25H,9-14H2,1H3,(H2,24,28). The number of amides is 2. The average Bonchev–Trinajstić information content (AvgIpc) is 3.13. The van der Waals surface area contributed by atoms with Crippen LogP contribution in [0.3, 0.4) is 0 Å². The number of primary amides is 1. The zero-order valence-corrected chi connectivity index (χ0v) is 16.4. The fourth-order valence-electron chi connectivity index (χ4n) is 4.21. The molecule has 1 aliphatic rings.